The van der Waals surface area contributed by atoms with Crippen LogP contribution in [0.1, 0.15) is 49.5 Å². The molecule has 0 spiro atoms. The molecule has 1 aromatic rings. The number of aryl methyl sites for hydroxylation is 1. The summed E-state index contributed by atoms with van der Waals surface area (Å²) in [5.74, 6) is -0.177. The lowest BCUT2D eigenvalue weighted by atomic mass is 10.2. The van der Waals surface area contributed by atoms with Crippen LogP contribution >= 0.6 is 0 Å². The Hall–Kier alpha value is -1.69. The van der Waals surface area contributed by atoms with E-state index in [1.54, 1.807) is 11.9 Å². The van der Waals surface area contributed by atoms with Gasteiger partial charge in [0.05, 0.1) is 0 Å². The number of carbonyl (C=O) groups excluding carboxylic acids is 1. The molecule has 1 N–H and O–H groups in total. The van der Waals surface area contributed by atoms with Crippen LogP contribution < -0.4 is 5.56 Å². The highest BCUT2D eigenvalue weighted by Gasteiger charge is 2.14. The number of hydrogen-bond donors (Lipinski definition) is 1. The fourth-order valence-electron chi connectivity index (χ4n) is 1.97. The monoisotopic (exact) mass is 295 g/mol. The second kappa shape index (κ2) is 9.28. The Morgan fingerprint density at radius 1 is 1.29 bits per heavy atom. The largest absolute Gasteiger partial charge is 0.396 e. The van der Waals surface area contributed by atoms with Crippen molar-refractivity contribution in [2.45, 2.75) is 45.6 Å². The molecule has 0 bridgehead atoms. The first-order valence-corrected chi connectivity index (χ1v) is 7.54. The van der Waals surface area contributed by atoms with Crippen molar-refractivity contribution in [1.82, 2.24) is 14.7 Å². The van der Waals surface area contributed by atoms with Gasteiger partial charge in [0.2, 0.25) is 0 Å². The molecule has 21 heavy (non-hydrogen) atoms. The molecule has 0 unspecified atom stereocenters. The Morgan fingerprint density at radius 3 is 2.71 bits per heavy atom. The van der Waals surface area contributed by atoms with Gasteiger partial charge in [-0.2, -0.15) is 5.10 Å². The zero-order chi connectivity index (χ0) is 15.7. The van der Waals surface area contributed by atoms with E-state index in [0.717, 1.165) is 32.1 Å². The van der Waals surface area contributed by atoms with Gasteiger partial charge in [0.1, 0.15) is 5.69 Å². The second-order valence-corrected chi connectivity index (χ2v) is 5.14. The molecule has 0 aromatic carbocycles. The van der Waals surface area contributed by atoms with Gasteiger partial charge in [-0.25, -0.2) is 4.68 Å². The molecule has 0 saturated carbocycles. The predicted molar refractivity (Wildman–Crippen MR) is 81.3 cm³/mol. The highest BCUT2D eigenvalue weighted by Crippen LogP contribution is 2.02. The van der Waals surface area contributed by atoms with Crippen LogP contribution in [-0.4, -0.2) is 45.9 Å². The van der Waals surface area contributed by atoms with Gasteiger partial charge in [-0.1, -0.05) is 13.3 Å². The number of amides is 1. The molecule has 0 aliphatic carbocycles. The summed E-state index contributed by atoms with van der Waals surface area (Å²) in [6.07, 6.45) is 4.32. The van der Waals surface area contributed by atoms with Crippen molar-refractivity contribution in [3.8, 4) is 0 Å². The zero-order valence-corrected chi connectivity index (χ0v) is 12.9. The first-order valence-electron chi connectivity index (χ1n) is 7.54. The van der Waals surface area contributed by atoms with Crippen molar-refractivity contribution in [3.05, 3.63) is 28.2 Å². The van der Waals surface area contributed by atoms with E-state index in [1.807, 2.05) is 6.92 Å². The summed E-state index contributed by atoms with van der Waals surface area (Å²) in [7, 11) is 1.73. The Bertz CT molecular complexity index is 499. The quantitative estimate of drug-likeness (QED) is 0.696. The molecule has 0 aliphatic heterocycles. The van der Waals surface area contributed by atoms with E-state index < -0.39 is 0 Å². The summed E-state index contributed by atoms with van der Waals surface area (Å²) in [6, 6.07) is 2.88. The average Bonchev–Trinajstić information content (AvgIpc) is 2.50. The highest BCUT2D eigenvalue weighted by atomic mass is 16.3. The summed E-state index contributed by atoms with van der Waals surface area (Å²) in [4.78, 5) is 25.5. The van der Waals surface area contributed by atoms with Crippen LogP contribution in [0.5, 0.6) is 0 Å². The molecule has 0 fully saturated rings. The highest BCUT2D eigenvalue weighted by molar-refractivity contribution is 5.91. The van der Waals surface area contributed by atoms with Crippen LogP contribution in [0.25, 0.3) is 0 Å². The topological polar surface area (TPSA) is 75.4 Å². The van der Waals surface area contributed by atoms with E-state index in [9.17, 15) is 9.59 Å². The number of aliphatic hydroxyl groups excluding tert-OH is 1. The van der Waals surface area contributed by atoms with Crippen molar-refractivity contribution < 1.29 is 9.90 Å². The fraction of sp³-hybridized carbons (Fsp3) is 0.667. The van der Waals surface area contributed by atoms with Gasteiger partial charge in [0.15, 0.2) is 0 Å². The molecule has 1 amide bonds. The maximum atomic E-state index is 12.2. The summed E-state index contributed by atoms with van der Waals surface area (Å²) in [5, 5.41) is 12.9. The van der Waals surface area contributed by atoms with Gasteiger partial charge < -0.3 is 10.0 Å². The maximum Gasteiger partial charge on any atom is 0.274 e. The third-order valence-electron chi connectivity index (χ3n) is 3.31. The van der Waals surface area contributed by atoms with Gasteiger partial charge in [-0.05, 0) is 31.7 Å². The molecule has 0 aliphatic rings. The normalized spacial score (nSPS) is 10.6. The maximum absolute atomic E-state index is 12.2. The van der Waals surface area contributed by atoms with Crippen LogP contribution in [0.2, 0.25) is 0 Å². The summed E-state index contributed by atoms with van der Waals surface area (Å²) < 4.78 is 1.36. The van der Waals surface area contributed by atoms with E-state index in [4.69, 9.17) is 5.11 Å². The third-order valence-corrected chi connectivity index (χ3v) is 3.31. The van der Waals surface area contributed by atoms with Crippen molar-refractivity contribution in [3.63, 3.8) is 0 Å². The molecular weight excluding hydrogens is 270 g/mol. The van der Waals surface area contributed by atoms with Crippen LogP contribution in [0.15, 0.2) is 16.9 Å². The Morgan fingerprint density at radius 2 is 2.05 bits per heavy atom. The summed E-state index contributed by atoms with van der Waals surface area (Å²) >= 11 is 0. The lowest BCUT2D eigenvalue weighted by Gasteiger charge is -2.17. The van der Waals surface area contributed by atoms with Crippen molar-refractivity contribution in [2.24, 2.45) is 0 Å². The molecule has 0 atom stereocenters. The molecule has 6 nitrogen and oxygen atoms in total. The minimum Gasteiger partial charge on any atom is -0.396 e. The minimum atomic E-state index is -0.177. The number of rotatable bonds is 9. The van der Waals surface area contributed by atoms with Gasteiger partial charge >= 0.3 is 0 Å². The Kier molecular flexibility index (Phi) is 7.68. The van der Waals surface area contributed by atoms with Crippen molar-refractivity contribution in [1.29, 1.82) is 0 Å². The fourth-order valence-corrected chi connectivity index (χ4v) is 1.97. The van der Waals surface area contributed by atoms with Gasteiger partial charge in [0.25, 0.3) is 11.5 Å². The number of unbranched alkanes of at least 4 members (excludes halogenated alkanes) is 3. The molecule has 1 aromatic heterocycles. The first-order chi connectivity index (χ1) is 10.1. The van der Waals surface area contributed by atoms with E-state index in [-0.39, 0.29) is 18.1 Å². The van der Waals surface area contributed by atoms with Crippen LogP contribution in [0.4, 0.5) is 0 Å². The van der Waals surface area contributed by atoms with Crippen LogP contribution in [0.3, 0.4) is 0 Å². The molecule has 1 rings (SSSR count). The number of aromatic nitrogens is 2. The molecule has 118 valence electrons. The standard InChI is InChI=1S/C15H25N3O3/c1-3-4-11-18-14(20)9-8-13(16-18)15(21)17(2)10-6-5-7-12-19/h8-9,19H,3-7,10-12H2,1-2H3. The molecule has 0 saturated heterocycles. The molecule has 1 heterocycles. The smallest absolute Gasteiger partial charge is 0.274 e. The lowest BCUT2D eigenvalue weighted by Crippen LogP contribution is -2.32. The minimum absolute atomic E-state index is 0.175. The zero-order valence-electron chi connectivity index (χ0n) is 12.9. The Balaban J connectivity index is 2.66. The van der Waals surface area contributed by atoms with Crippen molar-refractivity contribution >= 4 is 5.91 Å². The second-order valence-electron chi connectivity index (χ2n) is 5.14. The third kappa shape index (κ3) is 5.67. The van der Waals surface area contributed by atoms with E-state index >= 15 is 0 Å². The van der Waals surface area contributed by atoms with Gasteiger partial charge in [0, 0.05) is 32.8 Å². The number of hydrogen-bond acceptors (Lipinski definition) is 4. The first kappa shape index (κ1) is 17.4. The lowest BCUT2D eigenvalue weighted by molar-refractivity contribution is 0.0783. The van der Waals surface area contributed by atoms with E-state index in [0.29, 0.717) is 18.8 Å². The molecule has 6 heteroatoms. The molecular formula is C15H25N3O3. The van der Waals surface area contributed by atoms with Gasteiger partial charge in [-0.15, -0.1) is 0 Å². The van der Waals surface area contributed by atoms with Gasteiger partial charge in [-0.3, -0.25) is 9.59 Å². The van der Waals surface area contributed by atoms with Crippen LogP contribution in [-0.2, 0) is 6.54 Å². The number of nitrogens with zero attached hydrogens (tertiary/aromatic N) is 3. The average molecular weight is 295 g/mol. The number of aliphatic hydroxyl groups is 1. The molecule has 0 radical (unpaired) electrons. The summed E-state index contributed by atoms with van der Waals surface area (Å²) in [6.45, 7) is 3.38. The number of carbonyl (C=O) groups is 1. The predicted octanol–water partition coefficient (Wildman–Crippen LogP) is 1.28. The van der Waals surface area contributed by atoms with Crippen LogP contribution in [0, 0.1) is 0 Å². The van der Waals surface area contributed by atoms with Crippen molar-refractivity contribution in [2.75, 3.05) is 20.2 Å². The SMILES string of the molecule is CCCCn1nc(C(=O)N(C)CCCCCO)ccc1=O. The van der Waals surface area contributed by atoms with E-state index in [1.165, 1.54) is 16.8 Å². The Labute approximate surface area is 125 Å². The van der Waals surface area contributed by atoms with E-state index in [2.05, 4.69) is 5.10 Å². The summed E-state index contributed by atoms with van der Waals surface area (Å²) in [5.41, 5.74) is 0.126.